The number of nitrogens with zero attached hydrogens (tertiary/aromatic N) is 1. The predicted octanol–water partition coefficient (Wildman–Crippen LogP) is 3.50. The summed E-state index contributed by atoms with van der Waals surface area (Å²) in [6, 6.07) is 6.08. The fraction of sp³-hybridized carbons (Fsp3) is 0.667. The zero-order valence-electron chi connectivity index (χ0n) is 12.7. The summed E-state index contributed by atoms with van der Waals surface area (Å²) in [5, 5.41) is 3.75. The Hall–Kier alpha value is -1.09. The van der Waals surface area contributed by atoms with Crippen LogP contribution in [0.4, 0.5) is 10.1 Å². The lowest BCUT2D eigenvalue weighted by molar-refractivity contribution is 0.283. The first kappa shape index (κ1) is 13.6. The highest BCUT2D eigenvalue weighted by molar-refractivity contribution is 5.58. The van der Waals surface area contributed by atoms with Gasteiger partial charge in [-0.05, 0) is 49.8 Å². The molecule has 1 aromatic carbocycles. The van der Waals surface area contributed by atoms with Crippen molar-refractivity contribution in [1.82, 2.24) is 5.32 Å². The summed E-state index contributed by atoms with van der Waals surface area (Å²) in [5.41, 5.74) is 2.88. The molecular weight excluding hydrogens is 263 g/mol. The van der Waals surface area contributed by atoms with E-state index in [1.807, 2.05) is 6.07 Å². The molecule has 4 rings (SSSR count). The molecular formula is C18H25FN2. The van der Waals surface area contributed by atoms with Crippen molar-refractivity contribution in [3.63, 3.8) is 0 Å². The van der Waals surface area contributed by atoms with Gasteiger partial charge in [0.1, 0.15) is 5.82 Å². The molecule has 2 nitrogen and oxygen atoms in total. The summed E-state index contributed by atoms with van der Waals surface area (Å²) < 4.78 is 13.6. The largest absolute Gasteiger partial charge is 0.370 e. The minimum absolute atomic E-state index is 0.0998. The SMILES string of the molecule is Fc1ccc2c(c1)N(CC1(CNC3CC3)CCCC1)CC2. The molecule has 3 aliphatic rings. The molecule has 114 valence electrons. The summed E-state index contributed by atoms with van der Waals surface area (Å²) in [4.78, 5) is 2.44. The Morgan fingerprint density at radius 3 is 2.81 bits per heavy atom. The summed E-state index contributed by atoms with van der Waals surface area (Å²) in [5.74, 6) is -0.0998. The third-order valence-corrected chi connectivity index (χ3v) is 5.57. The molecule has 2 fully saturated rings. The molecule has 3 heteroatoms. The average Bonchev–Trinajstić information content (AvgIpc) is 3.08. The summed E-state index contributed by atoms with van der Waals surface area (Å²) in [6.45, 7) is 3.31. The van der Waals surface area contributed by atoms with Gasteiger partial charge in [-0.3, -0.25) is 0 Å². The van der Waals surface area contributed by atoms with Gasteiger partial charge in [0, 0.05) is 36.8 Å². The number of nitrogens with one attached hydrogen (secondary N) is 1. The van der Waals surface area contributed by atoms with Crippen molar-refractivity contribution in [2.24, 2.45) is 5.41 Å². The Morgan fingerprint density at radius 1 is 1.24 bits per heavy atom. The van der Waals surface area contributed by atoms with E-state index in [4.69, 9.17) is 0 Å². The monoisotopic (exact) mass is 288 g/mol. The highest BCUT2D eigenvalue weighted by atomic mass is 19.1. The van der Waals surface area contributed by atoms with Crippen LogP contribution in [0, 0.1) is 11.2 Å². The average molecular weight is 288 g/mol. The first-order valence-electron chi connectivity index (χ1n) is 8.51. The van der Waals surface area contributed by atoms with E-state index >= 15 is 0 Å². The van der Waals surface area contributed by atoms with Gasteiger partial charge in [0.25, 0.3) is 0 Å². The first-order valence-corrected chi connectivity index (χ1v) is 8.51. The van der Waals surface area contributed by atoms with Gasteiger partial charge in [0.05, 0.1) is 0 Å². The van der Waals surface area contributed by atoms with E-state index in [-0.39, 0.29) is 5.82 Å². The summed E-state index contributed by atoms with van der Waals surface area (Å²) in [7, 11) is 0. The van der Waals surface area contributed by atoms with Gasteiger partial charge in [-0.15, -0.1) is 0 Å². The Morgan fingerprint density at radius 2 is 2.05 bits per heavy atom. The molecule has 0 bridgehead atoms. The van der Waals surface area contributed by atoms with Crippen LogP contribution in [0.5, 0.6) is 0 Å². The number of benzene rings is 1. The van der Waals surface area contributed by atoms with Crippen molar-refractivity contribution < 1.29 is 4.39 Å². The molecule has 0 spiro atoms. The van der Waals surface area contributed by atoms with Crippen LogP contribution in [-0.4, -0.2) is 25.7 Å². The van der Waals surface area contributed by atoms with Gasteiger partial charge in [0.2, 0.25) is 0 Å². The van der Waals surface area contributed by atoms with Gasteiger partial charge in [-0.2, -0.15) is 0 Å². The van der Waals surface area contributed by atoms with E-state index in [1.165, 1.54) is 44.1 Å². The van der Waals surface area contributed by atoms with Gasteiger partial charge >= 0.3 is 0 Å². The molecule has 1 N–H and O–H groups in total. The fourth-order valence-electron chi connectivity index (χ4n) is 4.15. The minimum atomic E-state index is -0.0998. The molecule has 0 radical (unpaired) electrons. The Bertz CT molecular complexity index is 518. The molecule has 1 heterocycles. The second-order valence-electron chi connectivity index (χ2n) is 7.31. The maximum Gasteiger partial charge on any atom is 0.125 e. The van der Waals surface area contributed by atoms with Gasteiger partial charge in [-0.1, -0.05) is 18.9 Å². The summed E-state index contributed by atoms with van der Waals surface area (Å²) in [6.07, 6.45) is 9.15. The van der Waals surface area contributed by atoms with Crippen LogP contribution >= 0.6 is 0 Å². The number of hydrogen-bond acceptors (Lipinski definition) is 2. The van der Waals surface area contributed by atoms with Crippen molar-refractivity contribution in [2.45, 2.75) is 51.0 Å². The fourth-order valence-corrected chi connectivity index (χ4v) is 4.15. The van der Waals surface area contributed by atoms with Crippen LogP contribution in [0.25, 0.3) is 0 Å². The molecule has 0 aromatic heterocycles. The van der Waals surface area contributed by atoms with E-state index in [2.05, 4.69) is 10.2 Å². The zero-order valence-corrected chi connectivity index (χ0v) is 12.7. The predicted molar refractivity (Wildman–Crippen MR) is 84.2 cm³/mol. The van der Waals surface area contributed by atoms with Crippen molar-refractivity contribution in [2.75, 3.05) is 24.5 Å². The molecule has 2 aliphatic carbocycles. The van der Waals surface area contributed by atoms with Gasteiger partial charge in [-0.25, -0.2) is 4.39 Å². The van der Waals surface area contributed by atoms with Crippen LogP contribution in [0.3, 0.4) is 0 Å². The molecule has 2 saturated carbocycles. The van der Waals surface area contributed by atoms with Crippen molar-refractivity contribution in [1.29, 1.82) is 0 Å². The number of rotatable bonds is 5. The number of halogens is 1. The smallest absolute Gasteiger partial charge is 0.125 e. The normalized spacial score (nSPS) is 23.6. The maximum atomic E-state index is 13.6. The molecule has 21 heavy (non-hydrogen) atoms. The van der Waals surface area contributed by atoms with Crippen molar-refractivity contribution in [3.05, 3.63) is 29.6 Å². The highest BCUT2D eigenvalue weighted by Gasteiger charge is 2.38. The van der Waals surface area contributed by atoms with Gasteiger partial charge in [0.15, 0.2) is 0 Å². The topological polar surface area (TPSA) is 15.3 Å². The molecule has 1 aliphatic heterocycles. The third kappa shape index (κ3) is 2.80. The Kier molecular flexibility index (Phi) is 3.41. The Labute approximate surface area is 126 Å². The van der Waals surface area contributed by atoms with E-state index in [1.54, 1.807) is 12.1 Å². The molecule has 0 saturated heterocycles. The lowest BCUT2D eigenvalue weighted by Gasteiger charge is -2.35. The zero-order chi connectivity index (χ0) is 14.3. The van der Waals surface area contributed by atoms with Crippen molar-refractivity contribution in [3.8, 4) is 0 Å². The maximum absolute atomic E-state index is 13.6. The number of anilines is 1. The number of hydrogen-bond donors (Lipinski definition) is 1. The molecule has 1 aromatic rings. The van der Waals surface area contributed by atoms with E-state index < -0.39 is 0 Å². The van der Waals surface area contributed by atoms with Crippen LogP contribution in [-0.2, 0) is 6.42 Å². The highest BCUT2D eigenvalue weighted by Crippen LogP contribution is 2.41. The number of fused-ring (bicyclic) bond motifs is 1. The Balaban J connectivity index is 1.50. The van der Waals surface area contributed by atoms with Crippen molar-refractivity contribution >= 4 is 5.69 Å². The van der Waals surface area contributed by atoms with Crippen LogP contribution in [0.1, 0.15) is 44.1 Å². The van der Waals surface area contributed by atoms with E-state index in [9.17, 15) is 4.39 Å². The standard InChI is InChI=1S/C18H25FN2/c19-15-4-3-14-7-10-21(17(14)11-15)13-18(8-1-2-9-18)12-20-16-5-6-16/h3-4,11,16,20H,1-2,5-10,12-13H2. The first-order chi connectivity index (χ1) is 10.2. The quantitative estimate of drug-likeness (QED) is 0.892. The van der Waals surface area contributed by atoms with E-state index in [0.717, 1.165) is 37.8 Å². The molecule has 0 atom stereocenters. The molecule has 0 amide bonds. The van der Waals surface area contributed by atoms with Crippen LogP contribution in [0.2, 0.25) is 0 Å². The second-order valence-corrected chi connectivity index (χ2v) is 7.31. The molecule has 0 unspecified atom stereocenters. The van der Waals surface area contributed by atoms with Crippen LogP contribution < -0.4 is 10.2 Å². The lowest BCUT2D eigenvalue weighted by Crippen LogP contribution is -2.42. The third-order valence-electron chi connectivity index (χ3n) is 5.57. The summed E-state index contributed by atoms with van der Waals surface area (Å²) >= 11 is 0. The van der Waals surface area contributed by atoms with Crippen LogP contribution in [0.15, 0.2) is 18.2 Å². The van der Waals surface area contributed by atoms with Gasteiger partial charge < -0.3 is 10.2 Å². The lowest BCUT2D eigenvalue weighted by atomic mass is 9.85. The second kappa shape index (κ2) is 5.28. The minimum Gasteiger partial charge on any atom is -0.370 e. The van der Waals surface area contributed by atoms with E-state index in [0.29, 0.717) is 5.41 Å².